The molecule has 1 atom stereocenters. The predicted molar refractivity (Wildman–Crippen MR) is 60.0 cm³/mol. The number of amides is 1. The van der Waals surface area contributed by atoms with Crippen molar-refractivity contribution >= 4 is 5.91 Å². The summed E-state index contributed by atoms with van der Waals surface area (Å²) in [4.78, 5) is 13.7. The van der Waals surface area contributed by atoms with Crippen LogP contribution in [0, 0.1) is 0 Å². The third kappa shape index (κ3) is 4.61. The minimum absolute atomic E-state index is 0.121. The van der Waals surface area contributed by atoms with Gasteiger partial charge in [-0.2, -0.15) is 0 Å². The van der Waals surface area contributed by atoms with Crippen molar-refractivity contribution in [3.63, 3.8) is 0 Å². The number of hydrogen-bond donors (Lipinski definition) is 1. The molecule has 0 aliphatic rings. The maximum atomic E-state index is 11.8. The van der Waals surface area contributed by atoms with Gasteiger partial charge in [-0.05, 0) is 19.3 Å². The summed E-state index contributed by atoms with van der Waals surface area (Å²) in [5, 5.41) is 0. The van der Waals surface area contributed by atoms with Crippen molar-refractivity contribution in [1.29, 1.82) is 0 Å². The van der Waals surface area contributed by atoms with E-state index >= 15 is 0 Å². The lowest BCUT2D eigenvalue weighted by atomic mass is 10.1. The van der Waals surface area contributed by atoms with Crippen LogP contribution >= 0.6 is 0 Å². The highest BCUT2D eigenvalue weighted by Gasteiger charge is 2.18. The maximum Gasteiger partial charge on any atom is 0.239 e. The summed E-state index contributed by atoms with van der Waals surface area (Å²) >= 11 is 0. The molecule has 2 N–H and O–H groups in total. The topological polar surface area (TPSA) is 46.3 Å². The van der Waals surface area contributed by atoms with Crippen LogP contribution in [-0.4, -0.2) is 29.9 Å². The van der Waals surface area contributed by atoms with E-state index in [9.17, 15) is 4.79 Å². The fourth-order valence-corrected chi connectivity index (χ4v) is 1.54. The molecule has 0 rings (SSSR count). The highest BCUT2D eigenvalue weighted by Crippen LogP contribution is 2.02. The van der Waals surface area contributed by atoms with E-state index in [0.29, 0.717) is 0 Å². The van der Waals surface area contributed by atoms with E-state index < -0.39 is 0 Å². The van der Waals surface area contributed by atoms with E-state index in [1.165, 1.54) is 0 Å². The molecule has 0 aromatic carbocycles. The van der Waals surface area contributed by atoms with Gasteiger partial charge in [0.25, 0.3) is 0 Å². The normalized spacial score (nSPS) is 12.6. The summed E-state index contributed by atoms with van der Waals surface area (Å²) in [6.07, 6.45) is 3.77. The zero-order valence-corrected chi connectivity index (χ0v) is 9.75. The molecule has 3 nitrogen and oxygen atoms in total. The molecule has 0 aromatic heterocycles. The fourth-order valence-electron chi connectivity index (χ4n) is 1.54. The molecule has 0 unspecified atom stereocenters. The van der Waals surface area contributed by atoms with E-state index in [1.54, 1.807) is 0 Å². The minimum Gasteiger partial charge on any atom is -0.341 e. The number of hydrogen-bond acceptors (Lipinski definition) is 2. The number of carbonyl (C=O) groups is 1. The van der Waals surface area contributed by atoms with Gasteiger partial charge in [-0.3, -0.25) is 4.79 Å². The number of rotatable bonds is 7. The van der Waals surface area contributed by atoms with E-state index in [4.69, 9.17) is 5.73 Å². The fraction of sp³-hybridized carbons (Fsp3) is 0.909. The second kappa shape index (κ2) is 7.80. The first-order chi connectivity index (χ1) is 6.67. The molecule has 0 spiro atoms. The molecule has 3 heteroatoms. The number of nitrogens with zero attached hydrogens (tertiary/aromatic N) is 1. The van der Waals surface area contributed by atoms with E-state index in [1.807, 2.05) is 4.90 Å². The van der Waals surface area contributed by atoms with Gasteiger partial charge in [-0.1, -0.05) is 27.2 Å². The first kappa shape index (κ1) is 13.4. The number of nitrogens with two attached hydrogens (primary N) is 1. The Labute approximate surface area is 87.6 Å². The summed E-state index contributed by atoms with van der Waals surface area (Å²) in [7, 11) is 0. The molecule has 0 aromatic rings. The van der Waals surface area contributed by atoms with Crippen molar-refractivity contribution in [3.8, 4) is 0 Å². The van der Waals surface area contributed by atoms with Crippen LogP contribution in [0.5, 0.6) is 0 Å². The summed E-state index contributed by atoms with van der Waals surface area (Å²) in [5.41, 5.74) is 5.80. The molecule has 0 radical (unpaired) electrons. The van der Waals surface area contributed by atoms with Gasteiger partial charge >= 0.3 is 0 Å². The highest BCUT2D eigenvalue weighted by molar-refractivity contribution is 5.81. The molecule has 84 valence electrons. The van der Waals surface area contributed by atoms with Crippen LogP contribution in [0.3, 0.4) is 0 Å². The lowest BCUT2D eigenvalue weighted by molar-refractivity contribution is -0.132. The molecule has 0 saturated carbocycles. The largest absolute Gasteiger partial charge is 0.341 e. The second-order valence-electron chi connectivity index (χ2n) is 3.72. The van der Waals surface area contributed by atoms with Gasteiger partial charge in [0.05, 0.1) is 6.04 Å². The van der Waals surface area contributed by atoms with Crippen molar-refractivity contribution in [3.05, 3.63) is 0 Å². The zero-order chi connectivity index (χ0) is 11.0. The molecule has 0 heterocycles. The Morgan fingerprint density at radius 2 is 1.64 bits per heavy atom. The van der Waals surface area contributed by atoms with Gasteiger partial charge in [0, 0.05) is 13.1 Å². The molecular weight excluding hydrogens is 176 g/mol. The molecule has 14 heavy (non-hydrogen) atoms. The first-order valence-electron chi connectivity index (χ1n) is 5.71. The smallest absolute Gasteiger partial charge is 0.239 e. The second-order valence-corrected chi connectivity index (χ2v) is 3.72. The molecule has 0 saturated heterocycles. The summed E-state index contributed by atoms with van der Waals surface area (Å²) < 4.78 is 0. The lowest BCUT2D eigenvalue weighted by Gasteiger charge is -2.24. The van der Waals surface area contributed by atoms with Crippen molar-refractivity contribution < 1.29 is 4.79 Å². The van der Waals surface area contributed by atoms with Crippen LogP contribution in [0.15, 0.2) is 0 Å². The van der Waals surface area contributed by atoms with Crippen molar-refractivity contribution in [2.75, 3.05) is 13.1 Å². The molecule has 0 aliphatic carbocycles. The summed E-state index contributed by atoms with van der Waals surface area (Å²) in [6.45, 7) is 7.90. The quantitative estimate of drug-likeness (QED) is 0.680. The molecular formula is C11H24N2O. The predicted octanol–water partition coefficient (Wildman–Crippen LogP) is 1.76. The third-order valence-electron chi connectivity index (χ3n) is 2.22. The van der Waals surface area contributed by atoms with Crippen LogP contribution in [-0.2, 0) is 4.79 Å². The van der Waals surface area contributed by atoms with E-state index in [2.05, 4.69) is 20.8 Å². The van der Waals surface area contributed by atoms with Crippen molar-refractivity contribution in [1.82, 2.24) is 4.90 Å². The van der Waals surface area contributed by atoms with Crippen LogP contribution in [0.4, 0.5) is 0 Å². The van der Waals surface area contributed by atoms with Crippen LogP contribution in [0.25, 0.3) is 0 Å². The summed E-state index contributed by atoms with van der Waals surface area (Å²) in [6, 6.07) is -0.293. The monoisotopic (exact) mass is 200 g/mol. The molecule has 0 bridgehead atoms. The lowest BCUT2D eigenvalue weighted by Crippen LogP contribution is -2.44. The maximum absolute atomic E-state index is 11.8. The van der Waals surface area contributed by atoms with Gasteiger partial charge in [0.2, 0.25) is 5.91 Å². The Morgan fingerprint density at radius 1 is 1.14 bits per heavy atom. The average molecular weight is 200 g/mol. The Bertz CT molecular complexity index is 153. The van der Waals surface area contributed by atoms with Crippen LogP contribution in [0.2, 0.25) is 0 Å². The van der Waals surface area contributed by atoms with Crippen LogP contribution in [0.1, 0.15) is 46.5 Å². The highest BCUT2D eigenvalue weighted by atomic mass is 16.2. The summed E-state index contributed by atoms with van der Waals surface area (Å²) in [5.74, 6) is 0.121. The minimum atomic E-state index is -0.293. The Hall–Kier alpha value is -0.570. The standard InChI is InChI=1S/C11H24N2O/c1-4-7-10(12)11(14)13(8-5-2)9-6-3/h10H,4-9,12H2,1-3H3/t10-/m1/s1. The SMILES string of the molecule is CCC[C@@H](N)C(=O)N(CCC)CCC. The Balaban J connectivity index is 4.11. The molecule has 1 amide bonds. The molecule has 0 aliphatic heterocycles. The third-order valence-corrected chi connectivity index (χ3v) is 2.22. The van der Waals surface area contributed by atoms with Crippen LogP contribution < -0.4 is 5.73 Å². The number of carbonyl (C=O) groups excluding carboxylic acids is 1. The van der Waals surface area contributed by atoms with Gasteiger partial charge in [-0.25, -0.2) is 0 Å². The average Bonchev–Trinajstić information content (AvgIpc) is 2.17. The van der Waals surface area contributed by atoms with E-state index in [-0.39, 0.29) is 11.9 Å². The van der Waals surface area contributed by atoms with E-state index in [0.717, 1.165) is 38.8 Å². The Kier molecular flexibility index (Phi) is 7.48. The Morgan fingerprint density at radius 3 is 2.00 bits per heavy atom. The van der Waals surface area contributed by atoms with Crippen molar-refractivity contribution in [2.45, 2.75) is 52.5 Å². The van der Waals surface area contributed by atoms with Gasteiger partial charge in [0.1, 0.15) is 0 Å². The first-order valence-corrected chi connectivity index (χ1v) is 5.71. The van der Waals surface area contributed by atoms with Gasteiger partial charge < -0.3 is 10.6 Å². The molecule has 0 fully saturated rings. The van der Waals surface area contributed by atoms with Crippen molar-refractivity contribution in [2.24, 2.45) is 5.73 Å². The van der Waals surface area contributed by atoms with Gasteiger partial charge in [-0.15, -0.1) is 0 Å². The zero-order valence-electron chi connectivity index (χ0n) is 9.75. The van der Waals surface area contributed by atoms with Gasteiger partial charge in [0.15, 0.2) is 0 Å².